The van der Waals surface area contributed by atoms with Crippen LogP contribution in [-0.4, -0.2) is 16.2 Å². The number of aromatic nitrogens is 2. The van der Waals surface area contributed by atoms with E-state index >= 15 is 0 Å². The van der Waals surface area contributed by atoms with Gasteiger partial charge in [-0.05, 0) is 41.6 Å². The number of nitrogens with two attached hydrogens (primary N) is 1. The molecule has 0 radical (unpaired) electrons. The van der Waals surface area contributed by atoms with E-state index in [0.29, 0.717) is 0 Å². The van der Waals surface area contributed by atoms with Crippen LogP contribution in [0.3, 0.4) is 0 Å². The zero-order valence-electron chi connectivity index (χ0n) is 10.0. The van der Waals surface area contributed by atoms with Crippen molar-refractivity contribution in [2.75, 3.05) is 6.61 Å². The van der Waals surface area contributed by atoms with Crippen LogP contribution in [0.25, 0.3) is 0 Å². The van der Waals surface area contributed by atoms with Crippen molar-refractivity contribution in [1.29, 1.82) is 0 Å². The van der Waals surface area contributed by atoms with E-state index in [0.717, 1.165) is 36.5 Å². The maximum absolute atomic E-state index is 6.11. The monoisotopic (exact) mass is 261 g/mol. The summed E-state index contributed by atoms with van der Waals surface area (Å²) in [4.78, 5) is 1.06. The second-order valence-corrected chi connectivity index (χ2v) is 5.32. The van der Waals surface area contributed by atoms with Crippen molar-refractivity contribution in [1.82, 2.24) is 9.59 Å². The molecule has 18 heavy (non-hydrogen) atoms. The Morgan fingerprint density at radius 1 is 1.44 bits per heavy atom. The van der Waals surface area contributed by atoms with Crippen LogP contribution in [-0.2, 0) is 12.8 Å². The van der Waals surface area contributed by atoms with Crippen molar-refractivity contribution < 1.29 is 4.74 Å². The Morgan fingerprint density at radius 3 is 3.22 bits per heavy atom. The summed E-state index contributed by atoms with van der Waals surface area (Å²) in [5, 5.41) is 3.82. The molecule has 0 aliphatic carbocycles. The maximum atomic E-state index is 6.11. The zero-order chi connectivity index (χ0) is 12.4. The Kier molecular flexibility index (Phi) is 3.25. The van der Waals surface area contributed by atoms with Gasteiger partial charge in [0.1, 0.15) is 5.75 Å². The van der Waals surface area contributed by atoms with Crippen LogP contribution < -0.4 is 10.5 Å². The third-order valence-electron chi connectivity index (χ3n) is 3.24. The van der Waals surface area contributed by atoms with Crippen LogP contribution in [0.1, 0.15) is 28.5 Å². The first-order valence-electron chi connectivity index (χ1n) is 6.10. The molecule has 2 heterocycles. The van der Waals surface area contributed by atoms with Crippen LogP contribution in [0, 0.1) is 0 Å². The molecular weight excluding hydrogens is 246 g/mol. The van der Waals surface area contributed by atoms with Gasteiger partial charge in [-0.2, -0.15) is 0 Å². The average molecular weight is 261 g/mol. The van der Waals surface area contributed by atoms with E-state index in [1.54, 1.807) is 6.20 Å². The largest absolute Gasteiger partial charge is 0.493 e. The summed E-state index contributed by atoms with van der Waals surface area (Å²) in [5.41, 5.74) is 8.75. The Bertz CT molecular complexity index is 527. The molecule has 1 aliphatic heterocycles. The Labute approximate surface area is 110 Å². The predicted octanol–water partition coefficient (Wildman–Crippen LogP) is 2.11. The first-order valence-corrected chi connectivity index (χ1v) is 6.88. The lowest BCUT2D eigenvalue weighted by molar-refractivity contribution is 0.357. The number of hydrogen-bond donors (Lipinski definition) is 1. The van der Waals surface area contributed by atoms with Crippen molar-refractivity contribution in [3.63, 3.8) is 0 Å². The van der Waals surface area contributed by atoms with Crippen molar-refractivity contribution in [3.05, 3.63) is 40.4 Å². The number of rotatable bonds is 4. The van der Waals surface area contributed by atoms with Gasteiger partial charge in [-0.1, -0.05) is 16.6 Å². The van der Waals surface area contributed by atoms with Crippen LogP contribution in [0.15, 0.2) is 24.4 Å². The van der Waals surface area contributed by atoms with Crippen LogP contribution in [0.2, 0.25) is 0 Å². The molecule has 1 atom stereocenters. The Morgan fingerprint density at radius 2 is 2.39 bits per heavy atom. The maximum Gasteiger partial charge on any atom is 0.122 e. The third-order valence-corrected chi connectivity index (χ3v) is 4.04. The smallest absolute Gasteiger partial charge is 0.122 e. The molecule has 1 aromatic heterocycles. The molecular formula is C13H15N3OS. The second-order valence-electron chi connectivity index (χ2n) is 4.51. The molecule has 1 aromatic carbocycles. The lowest BCUT2D eigenvalue weighted by Gasteiger charge is -2.09. The van der Waals surface area contributed by atoms with E-state index in [2.05, 4.69) is 27.8 Å². The van der Waals surface area contributed by atoms with E-state index in [-0.39, 0.29) is 6.04 Å². The molecule has 94 valence electrons. The fourth-order valence-electron chi connectivity index (χ4n) is 2.20. The van der Waals surface area contributed by atoms with Gasteiger partial charge in [0.15, 0.2) is 0 Å². The van der Waals surface area contributed by atoms with Gasteiger partial charge < -0.3 is 10.5 Å². The fraction of sp³-hybridized carbons (Fsp3) is 0.385. The van der Waals surface area contributed by atoms with Crippen LogP contribution >= 0.6 is 11.5 Å². The minimum Gasteiger partial charge on any atom is -0.493 e. The summed E-state index contributed by atoms with van der Waals surface area (Å²) in [6.45, 7) is 0.810. The number of hydrogen-bond acceptors (Lipinski definition) is 5. The molecule has 0 saturated carbocycles. The van der Waals surface area contributed by atoms with Crippen LogP contribution in [0.4, 0.5) is 0 Å². The summed E-state index contributed by atoms with van der Waals surface area (Å²) in [6.07, 6.45) is 4.68. The number of benzene rings is 1. The third kappa shape index (κ3) is 2.37. The summed E-state index contributed by atoms with van der Waals surface area (Å²) >= 11 is 1.38. The van der Waals surface area contributed by atoms with Crippen molar-refractivity contribution in [2.24, 2.45) is 5.73 Å². The quantitative estimate of drug-likeness (QED) is 0.915. The van der Waals surface area contributed by atoms with E-state index < -0.39 is 0 Å². The number of aryl methyl sites for hydroxylation is 1. The van der Waals surface area contributed by atoms with E-state index in [1.165, 1.54) is 22.7 Å². The van der Waals surface area contributed by atoms with Crippen LogP contribution in [0.5, 0.6) is 5.75 Å². The van der Waals surface area contributed by atoms with Gasteiger partial charge in [0.05, 0.1) is 17.7 Å². The highest BCUT2D eigenvalue weighted by Gasteiger charge is 2.13. The summed E-state index contributed by atoms with van der Waals surface area (Å²) in [5.74, 6) is 1.04. The first-order chi connectivity index (χ1) is 8.83. The average Bonchev–Trinajstić information content (AvgIpc) is 3.05. The molecule has 0 amide bonds. The standard InChI is InChI=1S/C13H15N3OS/c14-11(13-8-15-16-18-13)3-1-9-2-4-12-10(7-9)5-6-17-12/h2,4,7-8,11H,1,3,5-6,14H2. The normalized spacial score (nSPS) is 15.2. The molecule has 2 N–H and O–H groups in total. The molecule has 1 aliphatic rings. The zero-order valence-corrected chi connectivity index (χ0v) is 10.8. The molecule has 0 fully saturated rings. The summed E-state index contributed by atoms with van der Waals surface area (Å²) < 4.78 is 9.34. The van der Waals surface area contributed by atoms with Gasteiger partial charge in [0, 0.05) is 12.5 Å². The predicted molar refractivity (Wildman–Crippen MR) is 70.8 cm³/mol. The molecule has 2 aromatic rings. The molecule has 5 heteroatoms. The fourth-order valence-corrected chi connectivity index (χ4v) is 2.73. The molecule has 0 bridgehead atoms. The molecule has 3 rings (SSSR count). The molecule has 1 unspecified atom stereocenters. The van der Waals surface area contributed by atoms with Gasteiger partial charge >= 0.3 is 0 Å². The number of fused-ring (bicyclic) bond motifs is 1. The van der Waals surface area contributed by atoms with Crippen molar-refractivity contribution in [3.8, 4) is 5.75 Å². The Hall–Kier alpha value is -1.46. The highest BCUT2D eigenvalue weighted by Crippen LogP contribution is 2.27. The van der Waals surface area contributed by atoms with Gasteiger partial charge in [-0.15, -0.1) is 5.10 Å². The van der Waals surface area contributed by atoms with Gasteiger partial charge in [0.25, 0.3) is 0 Å². The summed E-state index contributed by atoms with van der Waals surface area (Å²) in [7, 11) is 0. The minimum atomic E-state index is 0.0366. The number of ether oxygens (including phenoxy) is 1. The van der Waals surface area contributed by atoms with E-state index in [9.17, 15) is 0 Å². The highest BCUT2D eigenvalue weighted by molar-refractivity contribution is 7.05. The van der Waals surface area contributed by atoms with Gasteiger partial charge in [0.2, 0.25) is 0 Å². The molecule has 0 saturated heterocycles. The molecule has 4 nitrogen and oxygen atoms in total. The summed E-state index contributed by atoms with van der Waals surface area (Å²) in [6, 6.07) is 6.47. The van der Waals surface area contributed by atoms with Crippen molar-refractivity contribution in [2.45, 2.75) is 25.3 Å². The highest BCUT2D eigenvalue weighted by atomic mass is 32.1. The van der Waals surface area contributed by atoms with E-state index in [1.807, 2.05) is 0 Å². The number of nitrogens with zero attached hydrogens (tertiary/aromatic N) is 2. The lowest BCUT2D eigenvalue weighted by Crippen LogP contribution is -2.09. The van der Waals surface area contributed by atoms with Gasteiger partial charge in [-0.3, -0.25) is 0 Å². The van der Waals surface area contributed by atoms with Crippen molar-refractivity contribution >= 4 is 11.5 Å². The van der Waals surface area contributed by atoms with Gasteiger partial charge in [-0.25, -0.2) is 0 Å². The first kappa shape index (κ1) is 11.6. The lowest BCUT2D eigenvalue weighted by atomic mass is 10.0. The SMILES string of the molecule is NC(CCc1ccc2c(c1)CCO2)c1cnns1. The van der Waals surface area contributed by atoms with E-state index in [4.69, 9.17) is 10.5 Å². The molecule has 0 spiro atoms. The topological polar surface area (TPSA) is 61.0 Å². The Balaban J connectivity index is 1.63. The second kappa shape index (κ2) is 5.04. The minimum absolute atomic E-state index is 0.0366.